The summed E-state index contributed by atoms with van der Waals surface area (Å²) in [6.45, 7) is 3.39. The second-order valence-electron chi connectivity index (χ2n) is 0.905. The van der Waals surface area contributed by atoms with Crippen molar-refractivity contribution in [2.24, 2.45) is 0 Å². The van der Waals surface area contributed by atoms with Gasteiger partial charge in [-0.15, -0.1) is 11.6 Å². The van der Waals surface area contributed by atoms with Gasteiger partial charge in [-0.25, -0.2) is 0 Å². The van der Waals surface area contributed by atoms with Crippen LogP contribution in [0.1, 0.15) is 0 Å². The quantitative estimate of drug-likeness (QED) is 0.452. The molecule has 1 N–H and O–H groups in total. The Balaban J connectivity index is 3.17. The molecule has 0 rings (SSSR count). The summed E-state index contributed by atoms with van der Waals surface area (Å²) < 4.78 is 0. The molecule has 0 aromatic carbocycles. The van der Waals surface area contributed by atoms with Crippen molar-refractivity contribution in [3.8, 4) is 0 Å². The lowest BCUT2D eigenvalue weighted by atomic mass is 10.7. The third-order valence-electron chi connectivity index (χ3n) is 0.384. The molecular formula is C4H6ClNS. The van der Waals surface area contributed by atoms with Gasteiger partial charge in [0.15, 0.2) is 0 Å². The van der Waals surface area contributed by atoms with E-state index >= 15 is 0 Å². The van der Waals surface area contributed by atoms with Crippen molar-refractivity contribution < 1.29 is 0 Å². The van der Waals surface area contributed by atoms with Gasteiger partial charge in [-0.05, 0) is 6.20 Å². The fraction of sp³-hybridized carbons (Fsp3) is 0.250. The number of rotatable bonds is 2. The van der Waals surface area contributed by atoms with Crippen LogP contribution in [0.3, 0.4) is 0 Å². The Hall–Kier alpha value is -0.0800. The van der Waals surface area contributed by atoms with Crippen molar-refractivity contribution in [2.75, 3.05) is 5.88 Å². The minimum absolute atomic E-state index is 0.362. The molecule has 0 aliphatic carbocycles. The van der Waals surface area contributed by atoms with E-state index in [2.05, 4.69) is 24.1 Å². The fourth-order valence-electron chi connectivity index (χ4n) is 0.152. The minimum Gasteiger partial charge on any atom is -0.356 e. The van der Waals surface area contributed by atoms with Crippen molar-refractivity contribution in [2.45, 2.75) is 0 Å². The summed E-state index contributed by atoms with van der Waals surface area (Å²) in [6.07, 6.45) is 1.50. The number of alkyl halides is 1. The number of nitrogens with one attached hydrogen (secondary N) is 1. The molecule has 0 aliphatic heterocycles. The molecule has 1 nitrogen and oxygen atoms in total. The van der Waals surface area contributed by atoms with E-state index in [1.54, 1.807) is 0 Å². The number of hydrogen-bond acceptors (Lipinski definition) is 1. The van der Waals surface area contributed by atoms with Gasteiger partial charge in [-0.2, -0.15) is 0 Å². The van der Waals surface area contributed by atoms with Crippen molar-refractivity contribution in [1.29, 1.82) is 0 Å². The molecule has 0 aromatic rings. The van der Waals surface area contributed by atoms with E-state index in [1.807, 2.05) is 0 Å². The van der Waals surface area contributed by atoms with E-state index in [1.165, 1.54) is 6.20 Å². The van der Waals surface area contributed by atoms with Gasteiger partial charge in [0.2, 0.25) is 0 Å². The molecule has 0 unspecified atom stereocenters. The zero-order valence-electron chi connectivity index (χ0n) is 3.78. The average molecular weight is 136 g/mol. The third kappa shape index (κ3) is 3.76. The molecule has 40 valence electrons. The van der Waals surface area contributed by atoms with Crippen LogP contribution in [-0.2, 0) is 0 Å². The topological polar surface area (TPSA) is 12.0 Å². The Morgan fingerprint density at radius 1 is 2.00 bits per heavy atom. The van der Waals surface area contributed by atoms with Crippen LogP contribution in [-0.4, -0.2) is 10.9 Å². The molecule has 0 aromatic heterocycles. The van der Waals surface area contributed by atoms with E-state index in [0.717, 1.165) is 0 Å². The summed E-state index contributed by atoms with van der Waals surface area (Å²) in [4.78, 5) is 0.608. The van der Waals surface area contributed by atoms with Crippen LogP contribution < -0.4 is 5.32 Å². The van der Waals surface area contributed by atoms with Crippen LogP contribution in [0.4, 0.5) is 0 Å². The van der Waals surface area contributed by atoms with Gasteiger partial charge >= 0.3 is 0 Å². The zero-order chi connectivity index (χ0) is 5.70. The molecule has 0 amide bonds. The maximum atomic E-state index is 5.28. The highest BCUT2D eigenvalue weighted by molar-refractivity contribution is 7.80. The second kappa shape index (κ2) is 4.09. The predicted octanol–water partition coefficient (Wildman–Crippen LogP) is 1.29. The zero-order valence-corrected chi connectivity index (χ0v) is 5.35. The second-order valence-corrected chi connectivity index (χ2v) is 1.67. The Kier molecular flexibility index (Phi) is 4.04. The van der Waals surface area contributed by atoms with Gasteiger partial charge in [0.05, 0.1) is 10.9 Å². The smallest absolute Gasteiger partial charge is 0.0942 e. The normalized spacial score (nSPS) is 7.57. The third-order valence-corrected chi connectivity index (χ3v) is 1.07. The van der Waals surface area contributed by atoms with E-state index in [4.69, 9.17) is 11.6 Å². The maximum absolute atomic E-state index is 5.28. The Morgan fingerprint density at radius 3 is 2.71 bits per heavy atom. The summed E-state index contributed by atoms with van der Waals surface area (Å²) in [5.74, 6) is 0.362. The Bertz CT molecular complexity index is 81.8. The van der Waals surface area contributed by atoms with Crippen molar-refractivity contribution in [3.63, 3.8) is 0 Å². The standard InChI is InChI=1S/C4H6ClNS/c1-2-6-4(7)3-5/h2H,1,3H2,(H,6,7). The lowest BCUT2D eigenvalue weighted by molar-refractivity contribution is 1.31. The first-order valence-corrected chi connectivity index (χ1v) is 2.71. The minimum atomic E-state index is 0.362. The van der Waals surface area contributed by atoms with E-state index in [0.29, 0.717) is 10.9 Å². The molecule has 0 atom stereocenters. The first-order valence-electron chi connectivity index (χ1n) is 1.77. The van der Waals surface area contributed by atoms with Gasteiger partial charge in [0, 0.05) is 0 Å². The van der Waals surface area contributed by atoms with Gasteiger partial charge in [0.1, 0.15) is 0 Å². The lowest BCUT2D eigenvalue weighted by Crippen LogP contribution is -2.14. The highest BCUT2D eigenvalue weighted by Gasteiger charge is 1.82. The summed E-state index contributed by atoms with van der Waals surface area (Å²) in [5.41, 5.74) is 0. The van der Waals surface area contributed by atoms with Gasteiger partial charge in [-0.1, -0.05) is 18.8 Å². The lowest BCUT2D eigenvalue weighted by Gasteiger charge is -1.92. The van der Waals surface area contributed by atoms with Crippen LogP contribution in [0, 0.1) is 0 Å². The molecule has 0 heterocycles. The van der Waals surface area contributed by atoms with E-state index < -0.39 is 0 Å². The van der Waals surface area contributed by atoms with Crippen molar-refractivity contribution in [3.05, 3.63) is 12.8 Å². The summed E-state index contributed by atoms with van der Waals surface area (Å²) in [6, 6.07) is 0. The molecule has 3 heteroatoms. The van der Waals surface area contributed by atoms with Crippen molar-refractivity contribution >= 4 is 28.8 Å². The largest absolute Gasteiger partial charge is 0.356 e. The Labute approximate surface area is 53.4 Å². The fourth-order valence-corrected chi connectivity index (χ4v) is 0.313. The van der Waals surface area contributed by atoms with Gasteiger partial charge in [0.25, 0.3) is 0 Å². The van der Waals surface area contributed by atoms with Crippen LogP contribution >= 0.6 is 23.8 Å². The first-order chi connectivity index (χ1) is 3.31. The number of thiocarbonyl (C=S) groups is 1. The summed E-state index contributed by atoms with van der Waals surface area (Å²) in [5, 5.41) is 2.66. The number of halogens is 1. The monoisotopic (exact) mass is 135 g/mol. The predicted molar refractivity (Wildman–Crippen MR) is 36.7 cm³/mol. The van der Waals surface area contributed by atoms with E-state index in [-0.39, 0.29) is 0 Å². The molecule has 7 heavy (non-hydrogen) atoms. The molecule has 0 aliphatic rings. The molecule has 0 bridgehead atoms. The SMILES string of the molecule is C=CNC(=S)CCl. The molecule has 0 spiro atoms. The van der Waals surface area contributed by atoms with E-state index in [9.17, 15) is 0 Å². The highest BCUT2D eigenvalue weighted by atomic mass is 35.5. The van der Waals surface area contributed by atoms with Crippen LogP contribution in [0.15, 0.2) is 12.8 Å². The van der Waals surface area contributed by atoms with Crippen molar-refractivity contribution in [1.82, 2.24) is 5.32 Å². The van der Waals surface area contributed by atoms with Crippen LogP contribution in [0.5, 0.6) is 0 Å². The summed E-state index contributed by atoms with van der Waals surface area (Å²) in [7, 11) is 0. The molecule has 0 saturated carbocycles. The van der Waals surface area contributed by atoms with Gasteiger partial charge < -0.3 is 5.32 Å². The van der Waals surface area contributed by atoms with Gasteiger partial charge in [-0.3, -0.25) is 0 Å². The molecular weight excluding hydrogens is 130 g/mol. The number of hydrogen-bond donors (Lipinski definition) is 1. The summed E-state index contributed by atoms with van der Waals surface area (Å²) >= 11 is 9.92. The average Bonchev–Trinajstić information content (AvgIpc) is 1.68. The first kappa shape index (κ1) is 6.92. The van der Waals surface area contributed by atoms with Crippen LogP contribution in [0.25, 0.3) is 0 Å². The maximum Gasteiger partial charge on any atom is 0.0942 e. The molecule has 0 radical (unpaired) electrons. The molecule has 0 fully saturated rings. The Morgan fingerprint density at radius 2 is 2.57 bits per heavy atom. The highest BCUT2D eigenvalue weighted by Crippen LogP contribution is 1.76. The van der Waals surface area contributed by atoms with Crippen LogP contribution in [0.2, 0.25) is 0 Å². The molecule has 0 saturated heterocycles.